The molecule has 0 unspecified atom stereocenters. The number of carbonyl (C=O) groups is 1. The fraction of sp³-hybridized carbons (Fsp3) is 0.160. The monoisotopic (exact) mass is 413 g/mol. The maximum Gasteiger partial charge on any atom is 0.261 e. The molecule has 31 heavy (non-hydrogen) atoms. The second kappa shape index (κ2) is 8.53. The van der Waals surface area contributed by atoms with Crippen molar-refractivity contribution in [2.75, 3.05) is 5.32 Å². The molecule has 0 saturated heterocycles. The van der Waals surface area contributed by atoms with Crippen molar-refractivity contribution < 1.29 is 14.3 Å². The van der Waals surface area contributed by atoms with Gasteiger partial charge in [-0.05, 0) is 62.2 Å². The zero-order valence-corrected chi connectivity index (χ0v) is 17.6. The minimum Gasteiger partial charge on any atom is -0.436 e. The highest BCUT2D eigenvalue weighted by Crippen LogP contribution is 2.22. The molecule has 0 aliphatic rings. The van der Waals surface area contributed by atoms with Gasteiger partial charge in [-0.3, -0.25) is 9.78 Å². The summed E-state index contributed by atoms with van der Waals surface area (Å²) in [6, 6.07) is 16.9. The van der Waals surface area contributed by atoms with Gasteiger partial charge in [-0.1, -0.05) is 24.3 Å². The standard InChI is InChI=1S/C25H23N3O3/c1-15-6-4-8-19(10-15)27-24(30)22-12-21-18(14-29)13-26-17(3)23(21)31-25(22)28-20-9-5-7-16(2)11-20/h4-13,29H,14H2,1-3H3,(H,27,30). The van der Waals surface area contributed by atoms with Gasteiger partial charge in [0, 0.05) is 22.8 Å². The van der Waals surface area contributed by atoms with E-state index in [9.17, 15) is 9.90 Å². The van der Waals surface area contributed by atoms with Crippen LogP contribution in [0.3, 0.4) is 0 Å². The summed E-state index contributed by atoms with van der Waals surface area (Å²) in [6.07, 6.45) is 1.59. The molecule has 6 heteroatoms. The van der Waals surface area contributed by atoms with E-state index >= 15 is 0 Å². The molecule has 0 aliphatic carbocycles. The Kier molecular flexibility index (Phi) is 5.64. The highest BCUT2D eigenvalue weighted by molar-refractivity contribution is 6.05. The summed E-state index contributed by atoms with van der Waals surface area (Å²) < 4.78 is 6.09. The predicted molar refractivity (Wildman–Crippen MR) is 120 cm³/mol. The third-order valence-electron chi connectivity index (χ3n) is 4.97. The molecule has 2 aromatic heterocycles. The molecule has 0 spiro atoms. The van der Waals surface area contributed by atoms with Gasteiger partial charge in [-0.15, -0.1) is 0 Å². The lowest BCUT2D eigenvalue weighted by molar-refractivity contribution is 0.102. The first-order chi connectivity index (χ1) is 14.9. The maximum atomic E-state index is 13.2. The summed E-state index contributed by atoms with van der Waals surface area (Å²) in [7, 11) is 0. The number of nitrogens with one attached hydrogen (secondary N) is 1. The lowest BCUT2D eigenvalue weighted by Gasteiger charge is -2.10. The van der Waals surface area contributed by atoms with E-state index in [4.69, 9.17) is 4.42 Å². The zero-order valence-electron chi connectivity index (χ0n) is 17.6. The Bertz CT molecular complexity index is 1360. The van der Waals surface area contributed by atoms with Gasteiger partial charge in [0.05, 0.1) is 18.0 Å². The highest BCUT2D eigenvalue weighted by atomic mass is 16.3. The molecular formula is C25H23N3O3. The highest BCUT2D eigenvalue weighted by Gasteiger charge is 2.16. The molecule has 0 aliphatic heterocycles. The van der Waals surface area contributed by atoms with E-state index < -0.39 is 0 Å². The Morgan fingerprint density at radius 2 is 1.81 bits per heavy atom. The third-order valence-corrected chi connectivity index (χ3v) is 4.97. The van der Waals surface area contributed by atoms with Crippen LogP contribution in [0.2, 0.25) is 0 Å². The van der Waals surface area contributed by atoms with E-state index in [1.165, 1.54) is 0 Å². The summed E-state index contributed by atoms with van der Waals surface area (Å²) in [5.74, 6) is -0.346. The fourth-order valence-electron chi connectivity index (χ4n) is 3.40. The molecule has 0 atom stereocenters. The van der Waals surface area contributed by atoms with Crippen molar-refractivity contribution in [3.8, 4) is 0 Å². The van der Waals surface area contributed by atoms with E-state index in [2.05, 4.69) is 15.3 Å². The van der Waals surface area contributed by atoms with Crippen molar-refractivity contribution in [1.29, 1.82) is 0 Å². The molecule has 1 amide bonds. The van der Waals surface area contributed by atoms with Crippen LogP contribution < -0.4 is 10.9 Å². The maximum absolute atomic E-state index is 13.2. The molecule has 2 aromatic carbocycles. The second-order valence-corrected chi connectivity index (χ2v) is 7.51. The first kappa shape index (κ1) is 20.5. The molecule has 2 N–H and O–H groups in total. The van der Waals surface area contributed by atoms with Crippen molar-refractivity contribution in [2.24, 2.45) is 4.99 Å². The van der Waals surface area contributed by atoms with Crippen LogP contribution in [-0.2, 0) is 6.61 Å². The summed E-state index contributed by atoms with van der Waals surface area (Å²) >= 11 is 0. The van der Waals surface area contributed by atoms with Crippen molar-refractivity contribution in [1.82, 2.24) is 4.98 Å². The van der Waals surface area contributed by atoms with Gasteiger partial charge in [0.25, 0.3) is 5.91 Å². The average molecular weight is 413 g/mol. The number of aryl methyl sites for hydroxylation is 3. The minimum absolute atomic E-state index is 0.184. The number of hydrogen-bond acceptors (Lipinski definition) is 5. The van der Waals surface area contributed by atoms with E-state index in [0.29, 0.717) is 33.6 Å². The summed E-state index contributed by atoms with van der Waals surface area (Å²) in [6.45, 7) is 5.54. The number of benzene rings is 2. The Morgan fingerprint density at radius 3 is 2.52 bits per heavy atom. The number of amides is 1. The van der Waals surface area contributed by atoms with Gasteiger partial charge < -0.3 is 14.8 Å². The second-order valence-electron chi connectivity index (χ2n) is 7.51. The van der Waals surface area contributed by atoms with Crippen molar-refractivity contribution >= 4 is 28.3 Å². The Labute approximate surface area is 179 Å². The number of nitrogens with zero attached hydrogens (tertiary/aromatic N) is 2. The third kappa shape index (κ3) is 4.39. The van der Waals surface area contributed by atoms with E-state index in [1.807, 2.05) is 69.3 Å². The zero-order chi connectivity index (χ0) is 22.0. The quantitative estimate of drug-likeness (QED) is 0.506. The number of pyridine rings is 1. The molecule has 0 bridgehead atoms. The Morgan fingerprint density at radius 1 is 1.06 bits per heavy atom. The molecule has 156 valence electrons. The van der Waals surface area contributed by atoms with E-state index in [0.717, 1.165) is 11.1 Å². The fourth-order valence-corrected chi connectivity index (χ4v) is 3.40. The van der Waals surface area contributed by atoms with Crippen LogP contribution in [0.15, 0.2) is 70.2 Å². The largest absolute Gasteiger partial charge is 0.436 e. The first-order valence-corrected chi connectivity index (χ1v) is 9.97. The number of anilines is 1. The van der Waals surface area contributed by atoms with Crippen LogP contribution in [0.1, 0.15) is 32.7 Å². The van der Waals surface area contributed by atoms with Crippen LogP contribution in [-0.4, -0.2) is 16.0 Å². The molecule has 0 saturated carbocycles. The number of aromatic nitrogens is 1. The van der Waals surface area contributed by atoms with Crippen LogP contribution in [0.4, 0.5) is 11.4 Å². The normalized spacial score (nSPS) is 11.7. The van der Waals surface area contributed by atoms with Gasteiger partial charge in [0.2, 0.25) is 5.55 Å². The average Bonchev–Trinajstić information content (AvgIpc) is 2.74. The van der Waals surface area contributed by atoms with Gasteiger partial charge in [0.1, 0.15) is 5.56 Å². The van der Waals surface area contributed by atoms with Crippen LogP contribution >= 0.6 is 0 Å². The summed E-state index contributed by atoms with van der Waals surface area (Å²) in [4.78, 5) is 22.1. The molecule has 4 rings (SSSR count). The predicted octanol–water partition coefficient (Wildman–Crippen LogP) is 4.73. The molecule has 0 radical (unpaired) electrons. The molecule has 4 aromatic rings. The van der Waals surface area contributed by atoms with Crippen LogP contribution in [0, 0.1) is 20.8 Å². The van der Waals surface area contributed by atoms with Gasteiger partial charge in [0.15, 0.2) is 5.58 Å². The number of fused-ring (bicyclic) bond motifs is 1. The van der Waals surface area contributed by atoms with Crippen molar-refractivity contribution in [3.63, 3.8) is 0 Å². The Balaban J connectivity index is 1.93. The first-order valence-electron chi connectivity index (χ1n) is 9.97. The lowest BCUT2D eigenvalue weighted by atomic mass is 10.1. The van der Waals surface area contributed by atoms with E-state index in [-0.39, 0.29) is 23.6 Å². The smallest absolute Gasteiger partial charge is 0.261 e. The van der Waals surface area contributed by atoms with Crippen molar-refractivity contribution in [2.45, 2.75) is 27.4 Å². The number of carbonyl (C=O) groups excluding carboxylic acids is 1. The summed E-state index contributed by atoms with van der Waals surface area (Å²) in [5, 5.41) is 13.3. The number of hydrogen-bond donors (Lipinski definition) is 2. The lowest BCUT2D eigenvalue weighted by Crippen LogP contribution is -2.22. The molecule has 6 nitrogen and oxygen atoms in total. The number of rotatable bonds is 4. The van der Waals surface area contributed by atoms with E-state index in [1.54, 1.807) is 12.3 Å². The minimum atomic E-state index is -0.346. The Hall–Kier alpha value is -3.77. The van der Waals surface area contributed by atoms with Gasteiger partial charge >= 0.3 is 0 Å². The van der Waals surface area contributed by atoms with Gasteiger partial charge in [-0.2, -0.15) is 0 Å². The molecular weight excluding hydrogens is 390 g/mol. The van der Waals surface area contributed by atoms with Gasteiger partial charge in [-0.25, -0.2) is 4.99 Å². The van der Waals surface area contributed by atoms with Crippen LogP contribution in [0.25, 0.3) is 11.0 Å². The van der Waals surface area contributed by atoms with Crippen molar-refractivity contribution in [3.05, 3.63) is 94.3 Å². The number of aliphatic hydroxyl groups excluding tert-OH is 1. The molecule has 0 fully saturated rings. The number of aliphatic hydroxyl groups is 1. The molecule has 2 heterocycles. The summed E-state index contributed by atoms with van der Waals surface area (Å²) in [5.41, 5.74) is 5.62. The van der Waals surface area contributed by atoms with Crippen LogP contribution in [0.5, 0.6) is 0 Å². The topological polar surface area (TPSA) is 87.7 Å². The SMILES string of the molecule is Cc1cccc(N=c2oc3c(C)ncc(CO)c3cc2C(=O)Nc2cccc(C)c2)c1.